The predicted molar refractivity (Wildman–Crippen MR) is 71.1 cm³/mol. The van der Waals surface area contributed by atoms with E-state index in [1.165, 1.54) is 4.57 Å². The fourth-order valence-corrected chi connectivity index (χ4v) is 1.84. The van der Waals surface area contributed by atoms with Crippen LogP contribution in [-0.4, -0.2) is 9.55 Å². The zero-order chi connectivity index (χ0) is 12.6. The third kappa shape index (κ3) is 2.04. The maximum Gasteiger partial charge on any atom is 0.277 e. The number of aromatic nitrogens is 2. The third-order valence-corrected chi connectivity index (χ3v) is 2.81. The van der Waals surface area contributed by atoms with Gasteiger partial charge in [-0.05, 0) is 36.5 Å². The molecular formula is C10H9ClN4OS. The van der Waals surface area contributed by atoms with Gasteiger partial charge in [-0.1, -0.05) is 11.6 Å². The summed E-state index contributed by atoms with van der Waals surface area (Å²) in [4.78, 5) is 13.8. The Balaban J connectivity index is 2.76. The molecule has 2 aromatic rings. The number of H-pyrrole nitrogens is 1. The first-order valence-corrected chi connectivity index (χ1v) is 5.45. The molecule has 5 nitrogen and oxygen atoms in total. The van der Waals surface area contributed by atoms with E-state index in [2.05, 4.69) is 4.98 Å². The normalized spacial score (nSPS) is 10.4. The first kappa shape index (κ1) is 11.7. The number of halogens is 1. The minimum absolute atomic E-state index is 0.0615. The van der Waals surface area contributed by atoms with Crippen LogP contribution in [0.5, 0.6) is 0 Å². The van der Waals surface area contributed by atoms with Crippen LogP contribution < -0.4 is 17.0 Å². The second-order valence-electron chi connectivity index (χ2n) is 3.37. The van der Waals surface area contributed by atoms with Crippen molar-refractivity contribution in [1.29, 1.82) is 0 Å². The fraction of sp³-hybridized carbons (Fsp3) is 0. The molecule has 0 atom stereocenters. The summed E-state index contributed by atoms with van der Waals surface area (Å²) in [6.07, 6.45) is 0. The highest BCUT2D eigenvalue weighted by Gasteiger charge is 2.08. The van der Waals surface area contributed by atoms with Gasteiger partial charge in [-0.3, -0.25) is 14.3 Å². The average molecular weight is 269 g/mol. The van der Waals surface area contributed by atoms with Crippen LogP contribution in [0.3, 0.4) is 0 Å². The van der Waals surface area contributed by atoms with Crippen LogP contribution in [0.1, 0.15) is 0 Å². The zero-order valence-corrected chi connectivity index (χ0v) is 10.2. The summed E-state index contributed by atoms with van der Waals surface area (Å²) in [5.74, 6) is 0.112. The number of hydrogen-bond acceptors (Lipinski definition) is 4. The first-order chi connectivity index (χ1) is 8.00. The van der Waals surface area contributed by atoms with E-state index >= 15 is 0 Å². The monoisotopic (exact) mass is 268 g/mol. The average Bonchev–Trinajstić information content (AvgIpc) is 2.29. The van der Waals surface area contributed by atoms with Crippen LogP contribution in [0.2, 0.25) is 5.02 Å². The molecule has 5 N–H and O–H groups in total. The molecule has 7 heteroatoms. The Hall–Kier alpha value is -1.79. The number of nitrogens with two attached hydrogens (primary N) is 2. The van der Waals surface area contributed by atoms with Crippen molar-refractivity contribution in [3.8, 4) is 5.69 Å². The summed E-state index contributed by atoms with van der Waals surface area (Å²) < 4.78 is 1.66. The van der Waals surface area contributed by atoms with Gasteiger partial charge in [-0.15, -0.1) is 0 Å². The lowest BCUT2D eigenvalue weighted by molar-refractivity contribution is 0.955. The summed E-state index contributed by atoms with van der Waals surface area (Å²) in [6, 6.07) is 6.84. The highest BCUT2D eigenvalue weighted by molar-refractivity contribution is 7.71. The number of nitrogens with one attached hydrogen (secondary N) is 1. The standard InChI is InChI=1S/C10H9ClN4OS/c11-5-1-3-6(4-2-5)15-8(13)7(12)9(16)14-10(15)17/h1-4H,12-13H2,(H,14,16,17). The molecule has 0 aliphatic heterocycles. The molecule has 1 heterocycles. The number of aromatic amines is 1. The van der Waals surface area contributed by atoms with E-state index in [0.29, 0.717) is 10.7 Å². The molecule has 1 aromatic carbocycles. The largest absolute Gasteiger partial charge is 0.391 e. The second-order valence-corrected chi connectivity index (χ2v) is 4.19. The molecule has 0 aliphatic rings. The Kier molecular flexibility index (Phi) is 2.91. The predicted octanol–water partition coefficient (Wildman–Crippen LogP) is 1.71. The van der Waals surface area contributed by atoms with Gasteiger partial charge in [-0.25, -0.2) is 0 Å². The van der Waals surface area contributed by atoms with Gasteiger partial charge in [0.05, 0.1) is 0 Å². The molecule has 0 fully saturated rings. The highest BCUT2D eigenvalue weighted by atomic mass is 35.5. The van der Waals surface area contributed by atoms with Gasteiger partial charge < -0.3 is 11.5 Å². The number of anilines is 2. The molecule has 88 valence electrons. The Morgan fingerprint density at radius 2 is 1.82 bits per heavy atom. The second kappa shape index (κ2) is 4.23. The summed E-state index contributed by atoms with van der Waals surface area (Å²) in [5.41, 5.74) is 11.5. The molecule has 0 amide bonds. The van der Waals surface area contributed by atoms with Gasteiger partial charge >= 0.3 is 0 Å². The smallest absolute Gasteiger partial charge is 0.277 e. The van der Waals surface area contributed by atoms with Gasteiger partial charge in [0, 0.05) is 10.7 Å². The third-order valence-electron chi connectivity index (χ3n) is 2.27. The quantitative estimate of drug-likeness (QED) is 0.687. The van der Waals surface area contributed by atoms with E-state index in [1.54, 1.807) is 24.3 Å². The van der Waals surface area contributed by atoms with Crippen LogP contribution in [0.25, 0.3) is 5.69 Å². The lowest BCUT2D eigenvalue weighted by Gasteiger charge is -2.11. The number of nitrogens with zero attached hydrogens (tertiary/aromatic N) is 1. The van der Waals surface area contributed by atoms with Crippen molar-refractivity contribution in [2.24, 2.45) is 0 Å². The molecular weight excluding hydrogens is 260 g/mol. The summed E-state index contributed by atoms with van der Waals surface area (Å²) in [7, 11) is 0. The van der Waals surface area contributed by atoms with Crippen LogP contribution >= 0.6 is 23.8 Å². The summed E-state index contributed by atoms with van der Waals surface area (Å²) in [5, 5.41) is 0.594. The Bertz CT molecular complexity index is 674. The molecule has 2 rings (SSSR count). The topological polar surface area (TPSA) is 89.8 Å². The van der Waals surface area contributed by atoms with Crippen molar-refractivity contribution >= 4 is 35.3 Å². The van der Waals surface area contributed by atoms with Crippen LogP contribution in [0, 0.1) is 4.77 Å². The van der Waals surface area contributed by atoms with Crippen molar-refractivity contribution in [2.45, 2.75) is 0 Å². The molecule has 0 unspecified atom stereocenters. The summed E-state index contributed by atoms with van der Waals surface area (Å²) >= 11 is 10.8. The van der Waals surface area contributed by atoms with Crippen molar-refractivity contribution in [1.82, 2.24) is 9.55 Å². The maximum atomic E-state index is 11.3. The van der Waals surface area contributed by atoms with Gasteiger partial charge in [0.1, 0.15) is 11.5 Å². The Morgan fingerprint density at radius 3 is 2.41 bits per heavy atom. The van der Waals surface area contributed by atoms with E-state index < -0.39 is 5.56 Å². The molecule has 0 radical (unpaired) electrons. The van der Waals surface area contributed by atoms with E-state index in [9.17, 15) is 4.79 Å². The van der Waals surface area contributed by atoms with E-state index in [4.69, 9.17) is 35.3 Å². The van der Waals surface area contributed by atoms with Crippen molar-refractivity contribution in [3.05, 3.63) is 44.4 Å². The molecule has 0 saturated heterocycles. The molecule has 17 heavy (non-hydrogen) atoms. The lowest BCUT2D eigenvalue weighted by Crippen LogP contribution is -2.20. The highest BCUT2D eigenvalue weighted by Crippen LogP contribution is 2.18. The SMILES string of the molecule is Nc1c(N)n(-c2ccc(Cl)cc2)c(=S)[nH]c1=O. The van der Waals surface area contributed by atoms with Gasteiger partial charge in [0.15, 0.2) is 4.77 Å². The van der Waals surface area contributed by atoms with Crippen LogP contribution in [0.15, 0.2) is 29.1 Å². The van der Waals surface area contributed by atoms with Gasteiger partial charge in [0.25, 0.3) is 5.56 Å². The van der Waals surface area contributed by atoms with Gasteiger partial charge in [-0.2, -0.15) is 0 Å². The van der Waals surface area contributed by atoms with Crippen molar-refractivity contribution < 1.29 is 0 Å². The number of nitrogen functional groups attached to an aromatic ring is 2. The molecule has 0 aliphatic carbocycles. The molecule has 0 spiro atoms. The minimum atomic E-state index is -0.488. The first-order valence-electron chi connectivity index (χ1n) is 4.67. The van der Waals surface area contributed by atoms with Crippen LogP contribution in [0.4, 0.5) is 11.5 Å². The van der Waals surface area contributed by atoms with E-state index in [1.807, 2.05) is 0 Å². The fourth-order valence-electron chi connectivity index (χ4n) is 1.41. The Morgan fingerprint density at radius 1 is 1.24 bits per heavy atom. The number of rotatable bonds is 1. The maximum absolute atomic E-state index is 11.3. The number of benzene rings is 1. The molecule has 1 aromatic heterocycles. The lowest BCUT2D eigenvalue weighted by atomic mass is 10.3. The van der Waals surface area contributed by atoms with Gasteiger partial charge in [0.2, 0.25) is 0 Å². The van der Waals surface area contributed by atoms with E-state index in [-0.39, 0.29) is 16.3 Å². The zero-order valence-electron chi connectivity index (χ0n) is 8.61. The minimum Gasteiger partial charge on any atom is -0.391 e. The summed E-state index contributed by atoms with van der Waals surface area (Å²) in [6.45, 7) is 0. The number of hydrogen-bond donors (Lipinski definition) is 3. The van der Waals surface area contributed by atoms with Crippen molar-refractivity contribution in [2.75, 3.05) is 11.5 Å². The van der Waals surface area contributed by atoms with Crippen molar-refractivity contribution in [3.63, 3.8) is 0 Å². The van der Waals surface area contributed by atoms with E-state index in [0.717, 1.165) is 0 Å². The molecule has 0 bridgehead atoms. The van der Waals surface area contributed by atoms with Crippen LogP contribution in [-0.2, 0) is 0 Å². The Labute approximate surface area is 107 Å². The molecule has 0 saturated carbocycles.